The molecule has 21 heavy (non-hydrogen) atoms. The lowest BCUT2D eigenvalue weighted by Crippen LogP contribution is -2.26. The van der Waals surface area contributed by atoms with Crippen molar-refractivity contribution in [1.29, 1.82) is 0 Å². The Kier molecular flexibility index (Phi) is 5.50. The van der Waals surface area contributed by atoms with Crippen molar-refractivity contribution in [2.24, 2.45) is 5.73 Å². The van der Waals surface area contributed by atoms with Gasteiger partial charge in [0.2, 0.25) is 0 Å². The molecule has 0 bridgehead atoms. The Labute approximate surface area is 128 Å². The van der Waals surface area contributed by atoms with Gasteiger partial charge in [0.25, 0.3) is 5.91 Å². The van der Waals surface area contributed by atoms with Crippen molar-refractivity contribution < 1.29 is 4.79 Å². The summed E-state index contributed by atoms with van der Waals surface area (Å²) in [4.78, 5) is 16.5. The highest BCUT2D eigenvalue weighted by atomic mass is 32.1. The minimum Gasteiger partial charge on any atom is -0.352 e. The van der Waals surface area contributed by atoms with Crippen molar-refractivity contribution in [3.8, 4) is 11.8 Å². The molecule has 0 aliphatic rings. The number of nitrogens with zero attached hydrogens (tertiary/aromatic N) is 1. The summed E-state index contributed by atoms with van der Waals surface area (Å²) in [5.41, 5.74) is 10.5. The van der Waals surface area contributed by atoms with Gasteiger partial charge in [-0.25, -0.2) is 4.98 Å². The zero-order valence-corrected chi connectivity index (χ0v) is 12.7. The first kappa shape index (κ1) is 15.2. The van der Waals surface area contributed by atoms with Crippen LogP contribution in [0.2, 0.25) is 0 Å². The Morgan fingerprint density at radius 3 is 3.05 bits per heavy atom. The molecule has 2 rings (SSSR count). The highest BCUT2D eigenvalue weighted by Gasteiger charge is 2.10. The maximum absolute atomic E-state index is 12.3. The molecule has 1 aromatic heterocycles. The fourth-order valence-corrected chi connectivity index (χ4v) is 2.45. The molecule has 0 unspecified atom stereocenters. The number of hydrogen-bond acceptors (Lipinski definition) is 4. The molecule has 0 radical (unpaired) electrons. The van der Waals surface area contributed by atoms with E-state index in [2.05, 4.69) is 22.1 Å². The Morgan fingerprint density at radius 2 is 2.33 bits per heavy atom. The fourth-order valence-electron chi connectivity index (χ4n) is 1.86. The van der Waals surface area contributed by atoms with Crippen molar-refractivity contribution in [2.75, 3.05) is 13.1 Å². The van der Waals surface area contributed by atoms with Crippen LogP contribution in [0.25, 0.3) is 0 Å². The number of aromatic nitrogens is 1. The van der Waals surface area contributed by atoms with Gasteiger partial charge in [0.1, 0.15) is 0 Å². The number of carbonyl (C=O) groups is 1. The molecule has 2 aromatic rings. The van der Waals surface area contributed by atoms with E-state index in [0.717, 1.165) is 17.7 Å². The first-order valence-corrected chi connectivity index (χ1v) is 7.60. The van der Waals surface area contributed by atoms with Gasteiger partial charge in [-0.15, -0.1) is 11.3 Å². The Balaban J connectivity index is 2.05. The van der Waals surface area contributed by atoms with Gasteiger partial charge in [0.05, 0.1) is 23.3 Å². The number of carbonyl (C=O) groups excluding carboxylic acids is 1. The van der Waals surface area contributed by atoms with Crippen molar-refractivity contribution in [2.45, 2.75) is 13.3 Å². The van der Waals surface area contributed by atoms with Gasteiger partial charge in [0, 0.05) is 23.9 Å². The van der Waals surface area contributed by atoms with Crippen molar-refractivity contribution in [3.05, 3.63) is 51.5 Å². The summed E-state index contributed by atoms with van der Waals surface area (Å²) in [5.74, 6) is 5.61. The predicted molar refractivity (Wildman–Crippen MR) is 85.3 cm³/mol. The molecule has 4 nitrogen and oxygen atoms in total. The van der Waals surface area contributed by atoms with Gasteiger partial charge in [-0.05, 0) is 19.1 Å². The maximum atomic E-state index is 12.3. The zero-order valence-electron chi connectivity index (χ0n) is 11.8. The molecular weight excluding hydrogens is 282 g/mol. The van der Waals surface area contributed by atoms with Crippen LogP contribution >= 0.6 is 11.3 Å². The molecule has 0 atom stereocenters. The molecule has 0 aliphatic carbocycles. The number of hydrogen-bond donors (Lipinski definition) is 2. The standard InChI is InChI=1S/C16H17N3OS/c1-12-4-5-13(3-2-7-17)15(9-12)16(20)18-8-6-14-10-21-11-19-14/h4-5,9-11H,6-8,17H2,1H3,(H,18,20). The van der Waals surface area contributed by atoms with Crippen molar-refractivity contribution in [1.82, 2.24) is 10.3 Å². The summed E-state index contributed by atoms with van der Waals surface area (Å²) < 4.78 is 0. The number of benzene rings is 1. The van der Waals surface area contributed by atoms with Crippen LogP contribution in [0.15, 0.2) is 29.1 Å². The quantitative estimate of drug-likeness (QED) is 0.845. The van der Waals surface area contributed by atoms with Crippen LogP contribution in [0.1, 0.15) is 27.2 Å². The minimum absolute atomic E-state index is 0.116. The van der Waals surface area contributed by atoms with Gasteiger partial charge in [-0.2, -0.15) is 0 Å². The SMILES string of the molecule is Cc1ccc(C#CCN)c(C(=O)NCCc2cscn2)c1. The molecule has 1 amide bonds. The molecule has 0 saturated heterocycles. The Bertz CT molecular complexity index is 669. The number of aryl methyl sites for hydroxylation is 1. The van der Waals surface area contributed by atoms with Crippen LogP contribution in [0, 0.1) is 18.8 Å². The van der Waals surface area contributed by atoms with Crippen molar-refractivity contribution in [3.63, 3.8) is 0 Å². The van der Waals surface area contributed by atoms with E-state index in [9.17, 15) is 4.79 Å². The van der Waals surface area contributed by atoms with Crippen LogP contribution in [0.5, 0.6) is 0 Å². The number of thiazole rings is 1. The molecule has 0 saturated carbocycles. The topological polar surface area (TPSA) is 68.0 Å². The van der Waals surface area contributed by atoms with Gasteiger partial charge in [0.15, 0.2) is 0 Å². The average molecular weight is 299 g/mol. The van der Waals surface area contributed by atoms with Gasteiger partial charge >= 0.3 is 0 Å². The molecule has 0 aliphatic heterocycles. The molecule has 108 valence electrons. The van der Waals surface area contributed by atoms with Gasteiger partial charge in [-0.3, -0.25) is 4.79 Å². The fraction of sp³-hybridized carbons (Fsp3) is 0.250. The van der Waals surface area contributed by atoms with Crippen molar-refractivity contribution >= 4 is 17.2 Å². The monoisotopic (exact) mass is 299 g/mol. The zero-order chi connectivity index (χ0) is 15.1. The summed E-state index contributed by atoms with van der Waals surface area (Å²) in [6.07, 6.45) is 0.727. The second-order valence-corrected chi connectivity index (χ2v) is 5.26. The number of nitrogens with two attached hydrogens (primary N) is 1. The molecule has 1 heterocycles. The number of amides is 1. The lowest BCUT2D eigenvalue weighted by Gasteiger charge is -2.07. The molecule has 1 aromatic carbocycles. The molecular formula is C16H17N3OS. The minimum atomic E-state index is -0.116. The van der Waals surface area contributed by atoms with Crippen LogP contribution in [0.4, 0.5) is 0 Å². The smallest absolute Gasteiger partial charge is 0.252 e. The van der Waals surface area contributed by atoms with Crippen LogP contribution in [-0.4, -0.2) is 24.0 Å². The van der Waals surface area contributed by atoms with E-state index >= 15 is 0 Å². The molecule has 5 heteroatoms. The third kappa shape index (κ3) is 4.42. The Hall–Kier alpha value is -2.16. The van der Waals surface area contributed by atoms with E-state index in [1.165, 1.54) is 0 Å². The highest BCUT2D eigenvalue weighted by molar-refractivity contribution is 7.07. The predicted octanol–water partition coefficient (Wildman–Crippen LogP) is 1.73. The summed E-state index contributed by atoms with van der Waals surface area (Å²) in [6, 6.07) is 5.64. The first-order valence-electron chi connectivity index (χ1n) is 6.65. The van der Waals surface area contributed by atoms with E-state index in [-0.39, 0.29) is 12.5 Å². The van der Waals surface area contributed by atoms with Crippen LogP contribution < -0.4 is 11.1 Å². The molecule has 0 spiro atoms. The average Bonchev–Trinajstić information content (AvgIpc) is 2.99. The largest absolute Gasteiger partial charge is 0.352 e. The third-order valence-electron chi connectivity index (χ3n) is 2.89. The van der Waals surface area contributed by atoms with Gasteiger partial charge < -0.3 is 11.1 Å². The summed E-state index contributed by atoms with van der Waals surface area (Å²) >= 11 is 1.55. The maximum Gasteiger partial charge on any atom is 0.252 e. The lowest BCUT2D eigenvalue weighted by molar-refractivity contribution is 0.0954. The summed E-state index contributed by atoms with van der Waals surface area (Å²) in [6.45, 7) is 2.78. The normalized spacial score (nSPS) is 9.81. The van der Waals surface area contributed by atoms with E-state index in [1.54, 1.807) is 16.8 Å². The first-order chi connectivity index (χ1) is 10.2. The third-order valence-corrected chi connectivity index (χ3v) is 3.53. The second-order valence-electron chi connectivity index (χ2n) is 4.54. The van der Waals surface area contributed by atoms with E-state index in [0.29, 0.717) is 17.7 Å². The molecule has 0 fully saturated rings. The summed E-state index contributed by atoms with van der Waals surface area (Å²) in [5, 5.41) is 4.89. The Morgan fingerprint density at radius 1 is 1.48 bits per heavy atom. The number of rotatable bonds is 4. The van der Waals surface area contributed by atoms with E-state index in [1.807, 2.05) is 30.5 Å². The molecule has 3 N–H and O–H groups in total. The van der Waals surface area contributed by atoms with Gasteiger partial charge in [-0.1, -0.05) is 23.5 Å². The lowest BCUT2D eigenvalue weighted by atomic mass is 10.0. The van der Waals surface area contributed by atoms with E-state index < -0.39 is 0 Å². The van der Waals surface area contributed by atoms with Crippen LogP contribution in [-0.2, 0) is 6.42 Å². The second kappa shape index (κ2) is 7.58. The highest BCUT2D eigenvalue weighted by Crippen LogP contribution is 2.11. The van der Waals surface area contributed by atoms with E-state index in [4.69, 9.17) is 5.73 Å². The summed E-state index contributed by atoms with van der Waals surface area (Å²) in [7, 11) is 0. The number of nitrogens with one attached hydrogen (secondary N) is 1. The van der Waals surface area contributed by atoms with Crippen LogP contribution in [0.3, 0.4) is 0 Å².